The Morgan fingerprint density at radius 2 is 2.24 bits per heavy atom. The van der Waals surface area contributed by atoms with E-state index in [9.17, 15) is 9.90 Å². The van der Waals surface area contributed by atoms with Crippen LogP contribution in [-0.2, 0) is 7.05 Å². The molecule has 0 saturated heterocycles. The fourth-order valence-corrected chi connectivity index (χ4v) is 4.20. The van der Waals surface area contributed by atoms with E-state index >= 15 is 0 Å². The highest BCUT2D eigenvalue weighted by molar-refractivity contribution is 5.95. The van der Waals surface area contributed by atoms with Gasteiger partial charge in [-0.1, -0.05) is 6.42 Å². The minimum atomic E-state index is -0.419. The molecule has 3 atom stereocenters. The van der Waals surface area contributed by atoms with E-state index in [2.05, 4.69) is 25.1 Å². The molecule has 2 aromatic rings. The second-order valence-electron chi connectivity index (χ2n) is 7.43. The number of carbonyl (C=O) groups excluding carboxylic acids is 1. The molecular weight excluding hydrogens is 318 g/mol. The standard InChI is InChI=1S/C18H25N5O2/c1-23-6-5-14(16(23)11-3-2-4-11)18(25)19-9-13-7-12(8-15(13)24)17-20-10-21-22-17/h5-6,10-13,15,24H,2-4,7-9H2,1H3,(H,19,25)(H,20,21,22)/t12-,13+,15+/m1/s1. The third kappa shape index (κ3) is 3.08. The van der Waals surface area contributed by atoms with Gasteiger partial charge in [-0.25, -0.2) is 4.98 Å². The van der Waals surface area contributed by atoms with Crippen molar-refractivity contribution in [2.75, 3.05) is 6.54 Å². The Balaban J connectivity index is 1.38. The van der Waals surface area contributed by atoms with Gasteiger partial charge >= 0.3 is 0 Å². The third-order valence-corrected chi connectivity index (χ3v) is 5.86. The van der Waals surface area contributed by atoms with E-state index in [1.165, 1.54) is 25.6 Å². The molecule has 0 spiro atoms. The van der Waals surface area contributed by atoms with Crippen LogP contribution < -0.4 is 5.32 Å². The number of rotatable bonds is 5. The molecule has 0 aromatic carbocycles. The van der Waals surface area contributed by atoms with Crippen molar-refractivity contribution in [1.29, 1.82) is 0 Å². The molecule has 2 heterocycles. The van der Waals surface area contributed by atoms with E-state index in [1.807, 2.05) is 19.3 Å². The zero-order chi connectivity index (χ0) is 17.4. The maximum atomic E-state index is 12.7. The highest BCUT2D eigenvalue weighted by Crippen LogP contribution is 2.39. The summed E-state index contributed by atoms with van der Waals surface area (Å²) in [4.78, 5) is 16.9. The topological polar surface area (TPSA) is 95.8 Å². The molecule has 2 aliphatic rings. The van der Waals surface area contributed by atoms with E-state index in [-0.39, 0.29) is 17.7 Å². The van der Waals surface area contributed by atoms with E-state index in [0.29, 0.717) is 18.9 Å². The first kappa shape index (κ1) is 16.3. The Bertz CT molecular complexity index is 735. The number of aliphatic hydroxyl groups excluding tert-OH is 1. The second-order valence-corrected chi connectivity index (χ2v) is 7.43. The van der Waals surface area contributed by atoms with Gasteiger partial charge in [0.25, 0.3) is 5.91 Å². The summed E-state index contributed by atoms with van der Waals surface area (Å²) in [5.41, 5.74) is 1.93. The zero-order valence-electron chi connectivity index (χ0n) is 14.5. The molecule has 2 aromatic heterocycles. The summed E-state index contributed by atoms with van der Waals surface area (Å²) in [7, 11) is 2.01. The van der Waals surface area contributed by atoms with Gasteiger partial charge in [0.1, 0.15) is 12.2 Å². The number of aryl methyl sites for hydroxylation is 1. The minimum Gasteiger partial charge on any atom is -0.393 e. The fraction of sp³-hybridized carbons (Fsp3) is 0.611. The Morgan fingerprint density at radius 3 is 2.92 bits per heavy atom. The summed E-state index contributed by atoms with van der Waals surface area (Å²) in [5, 5.41) is 20.1. The van der Waals surface area contributed by atoms with Crippen LogP contribution in [-0.4, -0.2) is 43.4 Å². The molecule has 0 aliphatic heterocycles. The van der Waals surface area contributed by atoms with Crippen LogP contribution in [0.1, 0.15) is 65.8 Å². The van der Waals surface area contributed by atoms with Crippen LogP contribution in [0.4, 0.5) is 0 Å². The lowest BCUT2D eigenvalue weighted by molar-refractivity contribution is 0.0914. The van der Waals surface area contributed by atoms with Gasteiger partial charge in [-0.2, -0.15) is 5.10 Å². The molecule has 7 nitrogen and oxygen atoms in total. The van der Waals surface area contributed by atoms with E-state index in [0.717, 1.165) is 23.5 Å². The zero-order valence-corrected chi connectivity index (χ0v) is 14.5. The van der Waals surface area contributed by atoms with Crippen LogP contribution in [0.2, 0.25) is 0 Å². The number of aromatic nitrogens is 4. The van der Waals surface area contributed by atoms with Crippen molar-refractivity contribution in [2.24, 2.45) is 13.0 Å². The van der Waals surface area contributed by atoms with Crippen molar-refractivity contribution in [3.63, 3.8) is 0 Å². The van der Waals surface area contributed by atoms with Crippen molar-refractivity contribution >= 4 is 5.91 Å². The molecule has 134 valence electrons. The molecule has 0 bridgehead atoms. The summed E-state index contributed by atoms with van der Waals surface area (Å²) in [6, 6.07) is 1.91. The van der Waals surface area contributed by atoms with Crippen LogP contribution in [0.25, 0.3) is 0 Å². The average molecular weight is 343 g/mol. The predicted octanol–water partition coefficient (Wildman–Crippen LogP) is 1.70. The number of nitrogens with zero attached hydrogens (tertiary/aromatic N) is 3. The monoisotopic (exact) mass is 343 g/mol. The van der Waals surface area contributed by atoms with Gasteiger partial charge in [0.05, 0.1) is 11.7 Å². The van der Waals surface area contributed by atoms with Gasteiger partial charge in [0.2, 0.25) is 0 Å². The van der Waals surface area contributed by atoms with Gasteiger partial charge in [0.15, 0.2) is 0 Å². The van der Waals surface area contributed by atoms with Crippen LogP contribution >= 0.6 is 0 Å². The Hall–Kier alpha value is -2.15. The van der Waals surface area contributed by atoms with Crippen LogP contribution in [0.5, 0.6) is 0 Å². The molecule has 2 aliphatic carbocycles. The van der Waals surface area contributed by atoms with Crippen molar-refractivity contribution in [3.8, 4) is 0 Å². The number of nitrogens with one attached hydrogen (secondary N) is 2. The van der Waals surface area contributed by atoms with Gasteiger partial charge in [0, 0.05) is 37.3 Å². The van der Waals surface area contributed by atoms with Crippen molar-refractivity contribution in [3.05, 3.63) is 35.7 Å². The molecule has 2 saturated carbocycles. The molecule has 4 rings (SSSR count). The Labute approximate surface area is 146 Å². The van der Waals surface area contributed by atoms with Gasteiger partial charge in [-0.05, 0) is 37.7 Å². The van der Waals surface area contributed by atoms with Gasteiger partial charge in [-0.3, -0.25) is 9.89 Å². The summed E-state index contributed by atoms with van der Waals surface area (Å²) in [6.45, 7) is 0.490. The lowest BCUT2D eigenvalue weighted by Gasteiger charge is -2.27. The summed E-state index contributed by atoms with van der Waals surface area (Å²) >= 11 is 0. The number of H-pyrrole nitrogens is 1. The van der Waals surface area contributed by atoms with E-state index in [1.54, 1.807) is 0 Å². The van der Waals surface area contributed by atoms with Crippen LogP contribution in [0.15, 0.2) is 18.6 Å². The molecular formula is C18H25N5O2. The Morgan fingerprint density at radius 1 is 1.40 bits per heavy atom. The first-order valence-electron chi connectivity index (χ1n) is 9.10. The fourth-order valence-electron chi connectivity index (χ4n) is 4.20. The van der Waals surface area contributed by atoms with Crippen LogP contribution in [0, 0.1) is 5.92 Å². The first-order valence-corrected chi connectivity index (χ1v) is 9.10. The molecule has 7 heteroatoms. The summed E-state index contributed by atoms with van der Waals surface area (Å²) in [6.07, 6.45) is 8.08. The smallest absolute Gasteiger partial charge is 0.253 e. The largest absolute Gasteiger partial charge is 0.393 e. The highest BCUT2D eigenvalue weighted by atomic mass is 16.3. The summed E-state index contributed by atoms with van der Waals surface area (Å²) in [5.74, 6) is 1.53. The number of aliphatic hydroxyl groups is 1. The SMILES string of the molecule is Cn1ccc(C(=O)NC[C@@H]2C[C@@H](c3ncn[nH]3)C[C@@H]2O)c1C1CCC1. The number of amides is 1. The highest BCUT2D eigenvalue weighted by Gasteiger charge is 2.35. The molecule has 25 heavy (non-hydrogen) atoms. The first-order chi connectivity index (χ1) is 12.1. The molecule has 0 unspecified atom stereocenters. The number of hydrogen-bond donors (Lipinski definition) is 3. The number of aromatic amines is 1. The number of hydrogen-bond acceptors (Lipinski definition) is 4. The van der Waals surface area contributed by atoms with Crippen molar-refractivity contribution < 1.29 is 9.90 Å². The van der Waals surface area contributed by atoms with Crippen molar-refractivity contribution in [2.45, 2.75) is 50.0 Å². The minimum absolute atomic E-state index is 0.0298. The average Bonchev–Trinajstić information content (AvgIpc) is 3.25. The maximum Gasteiger partial charge on any atom is 0.253 e. The molecule has 2 fully saturated rings. The normalized spacial score (nSPS) is 26.6. The molecule has 3 N–H and O–H groups in total. The lowest BCUT2D eigenvalue weighted by Crippen LogP contribution is -2.33. The van der Waals surface area contributed by atoms with Crippen LogP contribution in [0.3, 0.4) is 0 Å². The van der Waals surface area contributed by atoms with Gasteiger partial charge in [-0.15, -0.1) is 0 Å². The molecule has 0 radical (unpaired) electrons. The summed E-state index contributed by atoms with van der Waals surface area (Å²) < 4.78 is 2.07. The quantitative estimate of drug-likeness (QED) is 0.770. The number of carbonyl (C=O) groups is 1. The maximum absolute atomic E-state index is 12.7. The van der Waals surface area contributed by atoms with Crippen molar-refractivity contribution in [1.82, 2.24) is 25.1 Å². The second kappa shape index (κ2) is 6.63. The van der Waals surface area contributed by atoms with E-state index < -0.39 is 6.10 Å². The predicted molar refractivity (Wildman–Crippen MR) is 92.2 cm³/mol. The van der Waals surface area contributed by atoms with Gasteiger partial charge < -0.3 is 15.0 Å². The third-order valence-electron chi connectivity index (χ3n) is 5.86. The Kier molecular flexibility index (Phi) is 4.33. The van der Waals surface area contributed by atoms with E-state index in [4.69, 9.17) is 0 Å². The molecule has 1 amide bonds. The lowest BCUT2D eigenvalue weighted by atomic mass is 9.81.